The van der Waals surface area contributed by atoms with Crippen molar-refractivity contribution in [1.82, 2.24) is 0 Å². The summed E-state index contributed by atoms with van der Waals surface area (Å²) >= 11 is 3.37. The van der Waals surface area contributed by atoms with Gasteiger partial charge >= 0.3 is 5.97 Å². The number of benzene rings is 1. The Labute approximate surface area is 160 Å². The van der Waals surface area contributed by atoms with Crippen molar-refractivity contribution in [2.24, 2.45) is 5.41 Å². The van der Waals surface area contributed by atoms with Crippen molar-refractivity contribution >= 4 is 27.7 Å². The van der Waals surface area contributed by atoms with E-state index in [2.05, 4.69) is 15.9 Å². The first-order chi connectivity index (χ1) is 12.1. The van der Waals surface area contributed by atoms with Crippen LogP contribution < -0.4 is 0 Å². The summed E-state index contributed by atoms with van der Waals surface area (Å²) in [6, 6.07) is 5.18. The number of ether oxygens (including phenoxy) is 1. The minimum Gasteiger partial charge on any atom is -0.465 e. The van der Waals surface area contributed by atoms with Gasteiger partial charge in [0.2, 0.25) is 6.04 Å². The van der Waals surface area contributed by atoms with Gasteiger partial charge in [0.1, 0.15) is 16.8 Å². The fraction of sp³-hybridized carbons (Fsp3) is 0.556. The van der Waals surface area contributed by atoms with Crippen LogP contribution in [0, 0.1) is 15.5 Å². The molecule has 1 N–H and O–H groups in total. The Morgan fingerprint density at radius 2 is 2.00 bits per heavy atom. The fourth-order valence-corrected chi connectivity index (χ4v) is 4.45. The van der Waals surface area contributed by atoms with Crippen molar-refractivity contribution in [2.75, 3.05) is 6.61 Å². The molecule has 0 saturated heterocycles. The van der Waals surface area contributed by atoms with Crippen LogP contribution in [-0.2, 0) is 14.3 Å². The van der Waals surface area contributed by atoms with Crippen molar-refractivity contribution in [2.45, 2.75) is 51.2 Å². The van der Waals surface area contributed by atoms with E-state index < -0.39 is 39.7 Å². The number of ketones is 1. The molecule has 1 saturated carbocycles. The van der Waals surface area contributed by atoms with Gasteiger partial charge in [0.15, 0.2) is 0 Å². The highest BCUT2D eigenvalue weighted by molar-refractivity contribution is 9.10. The average molecular weight is 428 g/mol. The predicted octanol–water partition coefficient (Wildman–Crippen LogP) is 2.86. The molecule has 2 rings (SSSR count). The lowest BCUT2D eigenvalue weighted by Gasteiger charge is -2.47. The lowest BCUT2D eigenvalue weighted by atomic mass is 9.56. The molecular weight excluding hydrogens is 406 g/mol. The maximum Gasteiger partial charge on any atom is 0.320 e. The van der Waals surface area contributed by atoms with Crippen LogP contribution in [0.15, 0.2) is 28.7 Å². The number of carbonyl (C=O) groups is 2. The minimum absolute atomic E-state index is 0.0233. The van der Waals surface area contributed by atoms with E-state index in [0.717, 1.165) is 0 Å². The topological polar surface area (TPSA) is 107 Å². The number of rotatable bonds is 5. The summed E-state index contributed by atoms with van der Waals surface area (Å²) in [6.07, 6.45) is -0.0809. The van der Waals surface area contributed by atoms with Gasteiger partial charge in [-0.3, -0.25) is 19.7 Å². The summed E-state index contributed by atoms with van der Waals surface area (Å²) in [4.78, 5) is 36.9. The van der Waals surface area contributed by atoms with Crippen LogP contribution in [-0.4, -0.2) is 40.0 Å². The third-order valence-electron chi connectivity index (χ3n) is 5.24. The molecule has 0 unspecified atom stereocenters. The molecule has 1 aliphatic rings. The number of aliphatic hydroxyl groups is 1. The normalized spacial score (nSPS) is 31.3. The highest BCUT2D eigenvalue weighted by Gasteiger charge is 2.66. The van der Waals surface area contributed by atoms with Gasteiger partial charge in [0.25, 0.3) is 0 Å². The van der Waals surface area contributed by atoms with Crippen LogP contribution in [0.3, 0.4) is 0 Å². The van der Waals surface area contributed by atoms with Crippen molar-refractivity contribution in [1.29, 1.82) is 0 Å². The predicted molar refractivity (Wildman–Crippen MR) is 97.3 cm³/mol. The SMILES string of the molecule is CCOC(=O)[C@]1(C(C)=O)CC[C@@](C)(O)[C@@H]([N+](=O)[O-])[C@@H]1c1ccccc1Br. The zero-order valence-electron chi connectivity index (χ0n) is 14.9. The van der Waals surface area contributed by atoms with E-state index in [1.165, 1.54) is 13.8 Å². The summed E-state index contributed by atoms with van der Waals surface area (Å²) in [7, 11) is 0. The van der Waals surface area contributed by atoms with E-state index in [0.29, 0.717) is 10.0 Å². The van der Waals surface area contributed by atoms with Crippen LogP contribution in [0.2, 0.25) is 0 Å². The van der Waals surface area contributed by atoms with Gasteiger partial charge in [-0.15, -0.1) is 0 Å². The van der Waals surface area contributed by atoms with E-state index in [-0.39, 0.29) is 19.4 Å². The smallest absolute Gasteiger partial charge is 0.320 e. The molecule has 0 bridgehead atoms. The molecule has 0 radical (unpaired) electrons. The molecule has 8 heteroatoms. The second-order valence-electron chi connectivity index (χ2n) is 6.83. The second kappa shape index (κ2) is 7.44. The maximum atomic E-state index is 12.9. The van der Waals surface area contributed by atoms with Crippen molar-refractivity contribution in [3.05, 3.63) is 44.4 Å². The number of carbonyl (C=O) groups excluding carboxylic acids is 2. The quantitative estimate of drug-likeness (QED) is 0.335. The molecule has 0 amide bonds. The van der Waals surface area contributed by atoms with Crippen LogP contribution in [0.1, 0.15) is 45.1 Å². The number of Topliss-reactive ketones (excluding diaryl/α,β-unsaturated/α-hetero) is 1. The van der Waals surface area contributed by atoms with Crippen LogP contribution in [0.25, 0.3) is 0 Å². The highest BCUT2D eigenvalue weighted by Crippen LogP contribution is 2.54. The van der Waals surface area contributed by atoms with Crippen LogP contribution in [0.5, 0.6) is 0 Å². The Kier molecular flexibility index (Phi) is 5.87. The first kappa shape index (κ1) is 20.5. The van der Waals surface area contributed by atoms with E-state index in [1.54, 1.807) is 31.2 Å². The Bertz CT molecular complexity index is 734. The minimum atomic E-state index is -1.72. The lowest BCUT2D eigenvalue weighted by Crippen LogP contribution is -2.62. The molecule has 1 aromatic rings. The molecule has 1 aromatic carbocycles. The molecule has 26 heavy (non-hydrogen) atoms. The summed E-state index contributed by atoms with van der Waals surface area (Å²) in [5.41, 5.74) is -2.97. The van der Waals surface area contributed by atoms with Gasteiger partial charge < -0.3 is 9.84 Å². The van der Waals surface area contributed by atoms with E-state index in [1.807, 2.05) is 0 Å². The molecule has 0 spiro atoms. The van der Waals surface area contributed by atoms with Crippen molar-refractivity contribution < 1.29 is 24.4 Å². The molecule has 4 atom stereocenters. The Morgan fingerprint density at radius 1 is 1.38 bits per heavy atom. The standard InChI is InChI=1S/C18H22BrNO6/c1-4-26-16(22)18(11(2)21)10-9-17(3,23)15(20(24)25)14(18)12-7-5-6-8-13(12)19/h5-8,14-15,23H,4,9-10H2,1-3H3/t14-,15-,17+,18-/m0/s1. The summed E-state index contributed by atoms with van der Waals surface area (Å²) < 4.78 is 5.69. The Balaban J connectivity index is 2.81. The van der Waals surface area contributed by atoms with Crippen LogP contribution >= 0.6 is 15.9 Å². The van der Waals surface area contributed by atoms with Crippen LogP contribution in [0.4, 0.5) is 0 Å². The third kappa shape index (κ3) is 3.27. The molecule has 0 aromatic heterocycles. The number of hydrogen-bond donors (Lipinski definition) is 1. The van der Waals surface area contributed by atoms with Crippen molar-refractivity contribution in [3.63, 3.8) is 0 Å². The highest BCUT2D eigenvalue weighted by atomic mass is 79.9. The summed E-state index contributed by atoms with van der Waals surface area (Å²) in [6.45, 7) is 4.29. The maximum absolute atomic E-state index is 12.9. The van der Waals surface area contributed by atoms with Gasteiger partial charge in [-0.05, 0) is 45.2 Å². The largest absolute Gasteiger partial charge is 0.465 e. The molecular formula is C18H22BrNO6. The molecule has 0 aliphatic heterocycles. The number of nitrogens with zero attached hydrogens (tertiary/aromatic N) is 1. The second-order valence-corrected chi connectivity index (χ2v) is 7.69. The number of hydrogen-bond acceptors (Lipinski definition) is 6. The summed E-state index contributed by atoms with van der Waals surface area (Å²) in [5.74, 6) is -2.44. The summed E-state index contributed by atoms with van der Waals surface area (Å²) in [5, 5.41) is 22.7. The van der Waals surface area contributed by atoms with Gasteiger partial charge in [-0.25, -0.2) is 0 Å². The number of esters is 1. The third-order valence-corrected chi connectivity index (χ3v) is 5.97. The van der Waals surface area contributed by atoms with Gasteiger partial charge in [-0.2, -0.15) is 0 Å². The average Bonchev–Trinajstić information content (AvgIpc) is 2.54. The Morgan fingerprint density at radius 3 is 2.50 bits per heavy atom. The molecule has 142 valence electrons. The lowest BCUT2D eigenvalue weighted by molar-refractivity contribution is -0.555. The molecule has 1 aliphatic carbocycles. The first-order valence-electron chi connectivity index (χ1n) is 8.38. The Hall–Kier alpha value is -1.80. The zero-order valence-corrected chi connectivity index (χ0v) is 16.5. The number of nitro groups is 1. The van der Waals surface area contributed by atoms with Gasteiger partial charge in [-0.1, -0.05) is 34.1 Å². The molecule has 7 nitrogen and oxygen atoms in total. The van der Waals surface area contributed by atoms with Gasteiger partial charge in [0, 0.05) is 9.40 Å². The van der Waals surface area contributed by atoms with E-state index in [9.17, 15) is 24.8 Å². The first-order valence-corrected chi connectivity index (χ1v) is 9.17. The monoisotopic (exact) mass is 427 g/mol. The van der Waals surface area contributed by atoms with E-state index >= 15 is 0 Å². The van der Waals surface area contributed by atoms with Gasteiger partial charge in [0.05, 0.1) is 12.5 Å². The van der Waals surface area contributed by atoms with Crippen molar-refractivity contribution in [3.8, 4) is 0 Å². The molecule has 1 fully saturated rings. The number of halogens is 1. The zero-order chi connectivity index (χ0) is 19.7. The fourth-order valence-electron chi connectivity index (χ4n) is 3.92. The molecule has 0 heterocycles. The van der Waals surface area contributed by atoms with E-state index in [4.69, 9.17) is 4.74 Å².